The topological polar surface area (TPSA) is 32.3 Å². The molecule has 0 saturated carbocycles. The van der Waals surface area contributed by atoms with Crippen molar-refractivity contribution in [1.82, 2.24) is 5.32 Å². The quantitative estimate of drug-likeness (QED) is 0.811. The lowest BCUT2D eigenvalue weighted by atomic mass is 9.95. The number of aliphatic hydroxyl groups is 1. The van der Waals surface area contributed by atoms with Crippen molar-refractivity contribution < 1.29 is 17.5 Å². The van der Waals surface area contributed by atoms with Gasteiger partial charge in [-0.15, -0.1) is 0 Å². The van der Waals surface area contributed by atoms with Crippen LogP contribution < -0.4 is 17.7 Å². The third kappa shape index (κ3) is 5.73. The van der Waals surface area contributed by atoms with Crippen LogP contribution >= 0.6 is 11.6 Å². The van der Waals surface area contributed by atoms with Crippen LogP contribution in [0.4, 0.5) is 0 Å². The second kappa shape index (κ2) is 6.05. The maximum atomic E-state index is 10.3. The zero-order valence-corrected chi connectivity index (χ0v) is 12.2. The molecule has 0 aliphatic rings. The Morgan fingerprint density at radius 2 is 1.59 bits per heavy atom. The van der Waals surface area contributed by atoms with E-state index in [9.17, 15) is 5.11 Å². The average molecular weight is 277 g/mol. The number of nitrogens with one attached hydrogen (secondary N) is 1. The second-order valence-corrected chi connectivity index (χ2v) is 5.82. The van der Waals surface area contributed by atoms with E-state index in [0.29, 0.717) is 11.6 Å². The molecule has 1 unspecified atom stereocenters. The minimum absolute atomic E-state index is 0. The molecule has 1 rings (SSSR count). The largest absolute Gasteiger partial charge is 1.00 e. The van der Waals surface area contributed by atoms with Crippen LogP contribution in [-0.4, -0.2) is 17.2 Å². The Balaban J connectivity index is 0.00000256. The maximum Gasteiger partial charge on any atom is 0.0992 e. The summed E-state index contributed by atoms with van der Waals surface area (Å²) in [5.74, 6) is 0. The molecule has 0 spiro atoms. The molecule has 1 atom stereocenters. The number of hydrogen-bond acceptors (Lipinski definition) is 2. The normalized spacial score (nSPS) is 14.9. The standard InChI is InChI=1S/C13H20ClNO.ClH/c1-12(2,3)15-9-13(4,16)10-5-7-11(14)8-6-10;/h5-8,15-16H,9H2,1-4H3;1H/p-1. The minimum atomic E-state index is -0.877. The van der Waals surface area contributed by atoms with Crippen molar-refractivity contribution in [2.24, 2.45) is 0 Å². The van der Waals surface area contributed by atoms with Gasteiger partial charge in [-0.2, -0.15) is 0 Å². The van der Waals surface area contributed by atoms with Crippen molar-refractivity contribution >= 4 is 11.6 Å². The van der Waals surface area contributed by atoms with E-state index in [1.807, 2.05) is 12.1 Å². The first-order chi connectivity index (χ1) is 7.21. The predicted octanol–water partition coefficient (Wildman–Crippen LogP) is -0.0604. The van der Waals surface area contributed by atoms with E-state index in [2.05, 4.69) is 26.1 Å². The van der Waals surface area contributed by atoms with Crippen LogP contribution in [0.2, 0.25) is 5.02 Å². The molecule has 0 bridgehead atoms. The van der Waals surface area contributed by atoms with Gasteiger partial charge in [-0.1, -0.05) is 23.7 Å². The van der Waals surface area contributed by atoms with Crippen molar-refractivity contribution in [2.75, 3.05) is 6.54 Å². The van der Waals surface area contributed by atoms with E-state index in [-0.39, 0.29) is 17.9 Å². The summed E-state index contributed by atoms with van der Waals surface area (Å²) >= 11 is 5.81. The van der Waals surface area contributed by atoms with Crippen molar-refractivity contribution in [3.63, 3.8) is 0 Å². The van der Waals surface area contributed by atoms with Crippen LogP contribution in [0.1, 0.15) is 33.3 Å². The molecule has 2 N–H and O–H groups in total. The first-order valence-electron chi connectivity index (χ1n) is 5.44. The van der Waals surface area contributed by atoms with Crippen LogP contribution in [-0.2, 0) is 5.60 Å². The van der Waals surface area contributed by atoms with E-state index in [1.165, 1.54) is 0 Å². The van der Waals surface area contributed by atoms with Gasteiger partial charge in [-0.3, -0.25) is 0 Å². The Morgan fingerprint density at radius 1 is 1.12 bits per heavy atom. The third-order valence-electron chi connectivity index (χ3n) is 2.43. The van der Waals surface area contributed by atoms with Gasteiger partial charge in [0.25, 0.3) is 0 Å². The smallest absolute Gasteiger partial charge is 0.0992 e. The summed E-state index contributed by atoms with van der Waals surface area (Å²) in [6.45, 7) is 8.54. The first kappa shape index (κ1) is 16.7. The molecule has 4 heteroatoms. The first-order valence-corrected chi connectivity index (χ1v) is 5.82. The fraction of sp³-hybridized carbons (Fsp3) is 0.538. The van der Waals surface area contributed by atoms with Crippen LogP contribution in [0, 0.1) is 0 Å². The van der Waals surface area contributed by atoms with Crippen LogP contribution in [0.15, 0.2) is 24.3 Å². The minimum Gasteiger partial charge on any atom is -1.00 e. The molecular weight excluding hydrogens is 257 g/mol. The van der Waals surface area contributed by atoms with Gasteiger partial charge >= 0.3 is 0 Å². The molecule has 0 fully saturated rings. The van der Waals surface area contributed by atoms with Crippen molar-refractivity contribution in [1.29, 1.82) is 0 Å². The van der Waals surface area contributed by atoms with E-state index in [4.69, 9.17) is 11.6 Å². The zero-order chi connectivity index (χ0) is 12.4. The number of rotatable bonds is 3. The molecule has 2 nitrogen and oxygen atoms in total. The molecule has 98 valence electrons. The number of hydrogen-bond donors (Lipinski definition) is 2. The van der Waals surface area contributed by atoms with Crippen molar-refractivity contribution in [3.8, 4) is 0 Å². The lowest BCUT2D eigenvalue weighted by molar-refractivity contribution is -0.0000102. The number of benzene rings is 1. The van der Waals surface area contributed by atoms with Crippen molar-refractivity contribution in [2.45, 2.75) is 38.8 Å². The molecule has 0 saturated heterocycles. The van der Waals surface area contributed by atoms with Gasteiger partial charge < -0.3 is 22.8 Å². The highest BCUT2D eigenvalue weighted by atomic mass is 35.5. The Hall–Kier alpha value is -0.280. The fourth-order valence-corrected chi connectivity index (χ4v) is 1.47. The molecule has 0 aliphatic heterocycles. The molecule has 1 aromatic rings. The van der Waals surface area contributed by atoms with Crippen LogP contribution in [0.25, 0.3) is 0 Å². The van der Waals surface area contributed by atoms with E-state index >= 15 is 0 Å². The van der Waals surface area contributed by atoms with Gasteiger partial charge in [0.05, 0.1) is 5.60 Å². The van der Waals surface area contributed by atoms with E-state index in [1.54, 1.807) is 19.1 Å². The lowest BCUT2D eigenvalue weighted by Crippen LogP contribution is -3.00. The molecule has 0 aromatic heterocycles. The highest BCUT2D eigenvalue weighted by Crippen LogP contribution is 2.22. The van der Waals surface area contributed by atoms with Gasteiger partial charge in [0, 0.05) is 17.1 Å². The number of β-amino-alcohol motifs (C(OH)–C–C–N with tert-alkyl or cyclic N) is 1. The SMILES string of the molecule is CC(C)(C)NCC(C)(O)c1ccc(Cl)cc1.[Cl-]. The predicted molar refractivity (Wildman–Crippen MR) is 68.8 cm³/mol. The van der Waals surface area contributed by atoms with Gasteiger partial charge in [-0.25, -0.2) is 0 Å². The summed E-state index contributed by atoms with van der Waals surface area (Å²) in [4.78, 5) is 0. The summed E-state index contributed by atoms with van der Waals surface area (Å²) < 4.78 is 0. The monoisotopic (exact) mass is 276 g/mol. The molecule has 0 radical (unpaired) electrons. The second-order valence-electron chi connectivity index (χ2n) is 5.38. The summed E-state index contributed by atoms with van der Waals surface area (Å²) in [5, 5.41) is 14.3. The van der Waals surface area contributed by atoms with Crippen LogP contribution in [0.5, 0.6) is 0 Å². The van der Waals surface area contributed by atoms with E-state index < -0.39 is 5.60 Å². The zero-order valence-electron chi connectivity index (χ0n) is 10.7. The Labute approximate surface area is 115 Å². The molecule has 0 heterocycles. The molecule has 17 heavy (non-hydrogen) atoms. The Bertz CT molecular complexity index is 341. The molecular formula is C13H20Cl2NO-. The highest BCUT2D eigenvalue weighted by molar-refractivity contribution is 6.30. The van der Waals surface area contributed by atoms with Crippen LogP contribution in [0.3, 0.4) is 0 Å². The summed E-state index contributed by atoms with van der Waals surface area (Å²) in [6.07, 6.45) is 0. The van der Waals surface area contributed by atoms with Gasteiger partial charge in [0.1, 0.15) is 0 Å². The summed E-state index contributed by atoms with van der Waals surface area (Å²) in [5.41, 5.74) is -0.0115. The Morgan fingerprint density at radius 3 is 2.00 bits per heavy atom. The van der Waals surface area contributed by atoms with Crippen molar-refractivity contribution in [3.05, 3.63) is 34.9 Å². The molecule has 1 aromatic carbocycles. The third-order valence-corrected chi connectivity index (χ3v) is 2.68. The maximum absolute atomic E-state index is 10.3. The lowest BCUT2D eigenvalue weighted by Gasteiger charge is -2.29. The Kier molecular flexibility index (Phi) is 5.95. The molecule has 0 amide bonds. The van der Waals surface area contributed by atoms with E-state index in [0.717, 1.165) is 5.56 Å². The fourth-order valence-electron chi connectivity index (χ4n) is 1.35. The molecule has 0 aliphatic carbocycles. The number of halogens is 2. The summed E-state index contributed by atoms with van der Waals surface area (Å²) in [7, 11) is 0. The van der Waals surface area contributed by atoms with Gasteiger partial charge in [0.2, 0.25) is 0 Å². The van der Waals surface area contributed by atoms with Gasteiger partial charge in [-0.05, 0) is 45.4 Å². The highest BCUT2D eigenvalue weighted by Gasteiger charge is 2.24. The average Bonchev–Trinajstić information content (AvgIpc) is 2.15. The van der Waals surface area contributed by atoms with Gasteiger partial charge in [0.15, 0.2) is 0 Å². The summed E-state index contributed by atoms with van der Waals surface area (Å²) in [6, 6.07) is 7.30.